The Morgan fingerprint density at radius 1 is 1.35 bits per heavy atom. The van der Waals surface area contributed by atoms with Crippen LogP contribution in [0.4, 0.5) is 17.6 Å². The van der Waals surface area contributed by atoms with Crippen LogP contribution >= 0.6 is 0 Å². The summed E-state index contributed by atoms with van der Waals surface area (Å²) in [5, 5.41) is 0. The van der Waals surface area contributed by atoms with Gasteiger partial charge in [0.2, 0.25) is 0 Å². The molecule has 20 heavy (non-hydrogen) atoms. The highest BCUT2D eigenvalue weighted by Crippen LogP contribution is 2.23. The number of carbonyl (C=O) groups excluding carboxylic acids is 1. The fourth-order valence-electron chi connectivity index (χ4n) is 1.75. The molecule has 0 atom stereocenters. The number of alkyl halides is 3. The van der Waals surface area contributed by atoms with Gasteiger partial charge in [0.25, 0.3) is 0 Å². The number of halogens is 4. The van der Waals surface area contributed by atoms with Gasteiger partial charge in [-0.2, -0.15) is 13.2 Å². The van der Waals surface area contributed by atoms with Gasteiger partial charge in [0.1, 0.15) is 11.6 Å². The zero-order chi connectivity index (χ0) is 15.3. The largest absolute Gasteiger partial charge is 0.496 e. The standard InChI is InChI=1S/C13H15F4NO2/c1-18(8-13(15,16)17)7-6-10(19)12-9(14)4-3-5-11(12)20-2/h3-5H,6-8H2,1-2H3. The maximum Gasteiger partial charge on any atom is 0.401 e. The molecule has 0 aliphatic rings. The average molecular weight is 293 g/mol. The number of methoxy groups -OCH3 is 1. The van der Waals surface area contributed by atoms with E-state index >= 15 is 0 Å². The van der Waals surface area contributed by atoms with E-state index < -0.39 is 24.3 Å². The van der Waals surface area contributed by atoms with Crippen LogP contribution in [0.25, 0.3) is 0 Å². The lowest BCUT2D eigenvalue weighted by molar-refractivity contribution is -0.142. The number of rotatable bonds is 6. The molecule has 0 fully saturated rings. The zero-order valence-corrected chi connectivity index (χ0v) is 11.1. The minimum Gasteiger partial charge on any atom is -0.496 e. The minimum absolute atomic E-state index is 0.0773. The Hall–Kier alpha value is -1.63. The van der Waals surface area contributed by atoms with Gasteiger partial charge in [0.05, 0.1) is 19.2 Å². The van der Waals surface area contributed by atoms with Crippen molar-refractivity contribution in [1.82, 2.24) is 4.90 Å². The molecule has 0 saturated carbocycles. The van der Waals surface area contributed by atoms with E-state index in [4.69, 9.17) is 4.74 Å². The van der Waals surface area contributed by atoms with Gasteiger partial charge in [-0.1, -0.05) is 6.07 Å². The topological polar surface area (TPSA) is 29.5 Å². The van der Waals surface area contributed by atoms with Gasteiger partial charge in [0, 0.05) is 13.0 Å². The molecule has 0 aromatic heterocycles. The quantitative estimate of drug-likeness (QED) is 0.596. The van der Waals surface area contributed by atoms with Crippen LogP contribution in [0.3, 0.4) is 0 Å². The van der Waals surface area contributed by atoms with Crippen LogP contribution in [0.1, 0.15) is 16.8 Å². The van der Waals surface area contributed by atoms with Crippen molar-refractivity contribution in [1.29, 1.82) is 0 Å². The average Bonchev–Trinajstić information content (AvgIpc) is 2.33. The highest BCUT2D eigenvalue weighted by molar-refractivity contribution is 5.99. The van der Waals surface area contributed by atoms with Crippen molar-refractivity contribution in [2.75, 3.05) is 27.2 Å². The Morgan fingerprint density at radius 3 is 2.55 bits per heavy atom. The summed E-state index contributed by atoms with van der Waals surface area (Å²) in [5.41, 5.74) is -0.226. The van der Waals surface area contributed by atoms with Gasteiger partial charge in [-0.25, -0.2) is 4.39 Å². The van der Waals surface area contributed by atoms with E-state index in [1.165, 1.54) is 26.3 Å². The first-order valence-corrected chi connectivity index (χ1v) is 5.85. The summed E-state index contributed by atoms with van der Waals surface area (Å²) >= 11 is 0. The Labute approximate surface area is 114 Å². The Morgan fingerprint density at radius 2 is 2.00 bits per heavy atom. The van der Waals surface area contributed by atoms with Crippen LogP contribution in [0.2, 0.25) is 0 Å². The number of benzene rings is 1. The molecule has 0 unspecified atom stereocenters. The summed E-state index contributed by atoms with van der Waals surface area (Å²) in [6, 6.07) is 3.92. The lowest BCUT2D eigenvalue weighted by atomic mass is 10.1. The van der Waals surface area contributed by atoms with Gasteiger partial charge in [-0.05, 0) is 19.2 Å². The summed E-state index contributed by atoms with van der Waals surface area (Å²) in [4.78, 5) is 12.9. The maximum absolute atomic E-state index is 13.6. The molecule has 1 rings (SSSR count). The molecular formula is C13H15F4NO2. The van der Waals surface area contributed by atoms with Crippen LogP contribution in [0, 0.1) is 5.82 Å². The summed E-state index contributed by atoms with van der Waals surface area (Å²) in [5.74, 6) is -1.25. The second-order valence-electron chi connectivity index (χ2n) is 4.34. The van der Waals surface area contributed by atoms with Crippen molar-refractivity contribution in [3.8, 4) is 5.75 Å². The highest BCUT2D eigenvalue weighted by atomic mass is 19.4. The molecule has 0 aliphatic heterocycles. The summed E-state index contributed by atoms with van der Waals surface area (Å²) in [7, 11) is 2.54. The number of ether oxygens (including phenoxy) is 1. The molecule has 0 amide bonds. The maximum atomic E-state index is 13.6. The van der Waals surface area contributed by atoms with Crippen LogP contribution in [-0.2, 0) is 0 Å². The van der Waals surface area contributed by atoms with Crippen LogP contribution in [0.15, 0.2) is 18.2 Å². The number of hydrogen-bond acceptors (Lipinski definition) is 3. The first-order chi connectivity index (χ1) is 9.24. The molecule has 0 heterocycles. The van der Waals surface area contributed by atoms with Crippen molar-refractivity contribution >= 4 is 5.78 Å². The Bertz CT molecular complexity index is 474. The van der Waals surface area contributed by atoms with E-state index in [-0.39, 0.29) is 24.3 Å². The van der Waals surface area contributed by atoms with Crippen molar-refractivity contribution in [3.63, 3.8) is 0 Å². The van der Waals surface area contributed by atoms with Crippen molar-refractivity contribution in [2.24, 2.45) is 0 Å². The molecular weight excluding hydrogens is 278 g/mol. The van der Waals surface area contributed by atoms with Gasteiger partial charge in [-0.3, -0.25) is 9.69 Å². The summed E-state index contributed by atoms with van der Waals surface area (Å²) in [6.07, 6.45) is -4.54. The van der Waals surface area contributed by atoms with E-state index in [0.717, 1.165) is 11.0 Å². The van der Waals surface area contributed by atoms with Gasteiger partial charge < -0.3 is 4.74 Å². The molecule has 3 nitrogen and oxygen atoms in total. The molecule has 0 spiro atoms. The zero-order valence-electron chi connectivity index (χ0n) is 11.1. The molecule has 7 heteroatoms. The third kappa shape index (κ3) is 4.80. The molecule has 0 aliphatic carbocycles. The van der Waals surface area contributed by atoms with Crippen molar-refractivity contribution < 1.29 is 27.1 Å². The molecule has 0 radical (unpaired) electrons. The van der Waals surface area contributed by atoms with Gasteiger partial charge in [-0.15, -0.1) is 0 Å². The fourth-order valence-corrected chi connectivity index (χ4v) is 1.75. The van der Waals surface area contributed by atoms with Crippen LogP contribution in [-0.4, -0.2) is 44.1 Å². The Balaban J connectivity index is 2.68. The van der Waals surface area contributed by atoms with E-state index in [2.05, 4.69) is 0 Å². The normalized spacial score (nSPS) is 11.8. The lowest BCUT2D eigenvalue weighted by Crippen LogP contribution is -2.32. The molecule has 112 valence electrons. The SMILES string of the molecule is COc1cccc(F)c1C(=O)CCN(C)CC(F)(F)F. The van der Waals surface area contributed by atoms with Gasteiger partial charge >= 0.3 is 6.18 Å². The third-order valence-electron chi connectivity index (χ3n) is 2.64. The molecule has 0 bridgehead atoms. The summed E-state index contributed by atoms with van der Waals surface area (Å²) in [6.45, 7) is -1.23. The molecule has 0 saturated heterocycles. The van der Waals surface area contributed by atoms with E-state index in [9.17, 15) is 22.4 Å². The van der Waals surface area contributed by atoms with Crippen LogP contribution < -0.4 is 4.74 Å². The second-order valence-corrected chi connectivity index (χ2v) is 4.34. The van der Waals surface area contributed by atoms with E-state index in [0.29, 0.717) is 0 Å². The fraction of sp³-hybridized carbons (Fsp3) is 0.462. The number of hydrogen-bond donors (Lipinski definition) is 0. The second kappa shape index (κ2) is 6.69. The van der Waals surface area contributed by atoms with Crippen LogP contribution in [0.5, 0.6) is 5.75 Å². The van der Waals surface area contributed by atoms with E-state index in [1.807, 2.05) is 0 Å². The first kappa shape index (κ1) is 16.4. The highest BCUT2D eigenvalue weighted by Gasteiger charge is 2.29. The predicted octanol–water partition coefficient (Wildman–Crippen LogP) is 2.90. The van der Waals surface area contributed by atoms with Gasteiger partial charge in [0.15, 0.2) is 5.78 Å². The number of nitrogens with zero attached hydrogens (tertiary/aromatic N) is 1. The third-order valence-corrected chi connectivity index (χ3v) is 2.64. The Kier molecular flexibility index (Phi) is 5.50. The minimum atomic E-state index is -4.33. The monoisotopic (exact) mass is 293 g/mol. The summed E-state index contributed by atoms with van der Waals surface area (Å²) < 4.78 is 54.9. The molecule has 0 N–H and O–H groups in total. The predicted molar refractivity (Wildman–Crippen MR) is 65.5 cm³/mol. The number of ketones is 1. The molecule has 1 aromatic rings. The number of Topliss-reactive ketones (excluding diaryl/α,β-unsaturated/α-hetero) is 1. The number of carbonyl (C=O) groups is 1. The van der Waals surface area contributed by atoms with Crippen molar-refractivity contribution in [3.05, 3.63) is 29.6 Å². The van der Waals surface area contributed by atoms with E-state index in [1.54, 1.807) is 0 Å². The lowest BCUT2D eigenvalue weighted by Gasteiger charge is -2.18. The molecule has 1 aromatic carbocycles. The smallest absolute Gasteiger partial charge is 0.401 e. The van der Waals surface area contributed by atoms with Crippen molar-refractivity contribution in [2.45, 2.75) is 12.6 Å². The first-order valence-electron chi connectivity index (χ1n) is 5.85.